The molecule has 0 bridgehead atoms. The van der Waals surface area contributed by atoms with E-state index in [4.69, 9.17) is 4.74 Å². The molecule has 28 heavy (non-hydrogen) atoms. The van der Waals surface area contributed by atoms with E-state index in [9.17, 15) is 24.5 Å². The van der Waals surface area contributed by atoms with Crippen molar-refractivity contribution < 1.29 is 24.0 Å². The minimum absolute atomic E-state index is 0.152. The summed E-state index contributed by atoms with van der Waals surface area (Å²) in [5.74, 6) is -2.72. The number of nitrogens with one attached hydrogen (secondary N) is 1. The Morgan fingerprint density at radius 1 is 1.36 bits per heavy atom. The number of Topliss-reactive ketones (excluding diaryl/α,β-unsaturated/α-hetero) is 1. The van der Waals surface area contributed by atoms with Crippen molar-refractivity contribution in [3.05, 3.63) is 39.4 Å². The Balaban J connectivity index is 1.94. The smallest absolute Gasteiger partial charge is 0.307 e. The number of rotatable bonds is 7. The number of hydrogen-bond acceptors (Lipinski definition) is 6. The van der Waals surface area contributed by atoms with Gasteiger partial charge in [-0.05, 0) is 38.3 Å². The van der Waals surface area contributed by atoms with Gasteiger partial charge in [0.15, 0.2) is 6.10 Å². The zero-order valence-corrected chi connectivity index (χ0v) is 16.6. The first kappa shape index (κ1) is 21.5. The number of esters is 1. The maximum atomic E-state index is 12.3. The summed E-state index contributed by atoms with van der Waals surface area (Å²) in [5.41, 5.74) is 2.58. The Kier molecular flexibility index (Phi) is 6.88. The molecule has 1 amide bonds. The highest BCUT2D eigenvalue weighted by Crippen LogP contribution is 2.36. The lowest BCUT2D eigenvalue weighted by atomic mass is 9.88. The van der Waals surface area contributed by atoms with Crippen LogP contribution < -0.4 is 5.32 Å². The Hall–Kier alpha value is -2.77. The van der Waals surface area contributed by atoms with E-state index in [1.54, 1.807) is 13.0 Å². The van der Waals surface area contributed by atoms with E-state index >= 15 is 0 Å². The first-order valence-corrected chi connectivity index (χ1v) is 9.30. The van der Waals surface area contributed by atoms with Crippen LogP contribution in [0.5, 0.6) is 0 Å². The zero-order valence-electron chi connectivity index (χ0n) is 16.6. The van der Waals surface area contributed by atoms with Crippen molar-refractivity contribution in [3.63, 3.8) is 0 Å². The number of nitro groups is 1. The molecule has 0 aliphatic heterocycles. The molecule has 1 aliphatic rings. The molecule has 0 saturated heterocycles. The van der Waals surface area contributed by atoms with Gasteiger partial charge in [-0.15, -0.1) is 0 Å². The summed E-state index contributed by atoms with van der Waals surface area (Å²) in [4.78, 5) is 47.1. The van der Waals surface area contributed by atoms with Crippen molar-refractivity contribution in [2.24, 2.45) is 17.8 Å². The van der Waals surface area contributed by atoms with E-state index in [0.717, 1.165) is 11.1 Å². The van der Waals surface area contributed by atoms with Crippen LogP contribution in [0.3, 0.4) is 0 Å². The fourth-order valence-electron chi connectivity index (χ4n) is 3.67. The summed E-state index contributed by atoms with van der Waals surface area (Å²) in [6.45, 7) is 6.68. The number of carbonyl (C=O) groups excluding carboxylic acids is 3. The van der Waals surface area contributed by atoms with Crippen LogP contribution >= 0.6 is 0 Å². The monoisotopic (exact) mass is 390 g/mol. The molecule has 1 fully saturated rings. The van der Waals surface area contributed by atoms with Crippen LogP contribution in [0.25, 0.3) is 0 Å². The first-order valence-electron chi connectivity index (χ1n) is 9.30. The molecule has 0 radical (unpaired) electrons. The molecule has 2 rings (SSSR count). The maximum Gasteiger partial charge on any atom is 0.307 e. The lowest BCUT2D eigenvalue weighted by Gasteiger charge is -2.19. The lowest BCUT2D eigenvalue weighted by Crippen LogP contribution is -2.32. The average molecular weight is 390 g/mol. The van der Waals surface area contributed by atoms with Gasteiger partial charge in [0.05, 0.1) is 6.42 Å². The van der Waals surface area contributed by atoms with Crippen molar-refractivity contribution in [2.75, 3.05) is 11.9 Å². The molecule has 1 N–H and O–H groups in total. The number of nitrogens with zero attached hydrogens (tertiary/aromatic N) is 1. The van der Waals surface area contributed by atoms with Crippen molar-refractivity contribution in [2.45, 2.75) is 46.6 Å². The Labute approximate surface area is 163 Å². The van der Waals surface area contributed by atoms with Crippen LogP contribution in [0.1, 0.15) is 37.8 Å². The maximum absolute atomic E-state index is 12.3. The molecule has 0 unspecified atom stereocenters. The molecule has 4 atom stereocenters. The van der Waals surface area contributed by atoms with E-state index in [2.05, 4.69) is 5.32 Å². The van der Waals surface area contributed by atoms with Gasteiger partial charge < -0.3 is 10.1 Å². The lowest BCUT2D eigenvalue weighted by molar-refractivity contribution is -0.490. The Morgan fingerprint density at radius 3 is 2.64 bits per heavy atom. The molecular weight excluding hydrogens is 364 g/mol. The van der Waals surface area contributed by atoms with Crippen molar-refractivity contribution in [1.29, 1.82) is 0 Å². The third kappa shape index (κ3) is 5.37. The van der Waals surface area contributed by atoms with Gasteiger partial charge in [0, 0.05) is 28.9 Å². The summed E-state index contributed by atoms with van der Waals surface area (Å²) >= 11 is 0. The number of amides is 1. The molecule has 8 nitrogen and oxygen atoms in total. The van der Waals surface area contributed by atoms with E-state index in [-0.39, 0.29) is 31.1 Å². The largest absolute Gasteiger partial charge is 0.453 e. The number of benzene rings is 1. The second kappa shape index (κ2) is 8.95. The SMILES string of the molecule is Cc1ccc(NC(=O)[C@@H](C)OC(=O)C[C@H]2C(=O)C[C@@H](C)[C@H]2C[N+](=O)[O-])c(C)c1. The number of aryl methyl sites for hydroxylation is 2. The van der Waals surface area contributed by atoms with Crippen LogP contribution in [-0.4, -0.2) is 35.2 Å². The number of carbonyl (C=O) groups is 3. The quantitative estimate of drug-likeness (QED) is 0.435. The predicted molar refractivity (Wildman–Crippen MR) is 102 cm³/mol. The Morgan fingerprint density at radius 2 is 2.04 bits per heavy atom. The molecular formula is C20H26N2O6. The highest BCUT2D eigenvalue weighted by atomic mass is 16.6. The minimum Gasteiger partial charge on any atom is -0.453 e. The Bertz CT molecular complexity index is 791. The van der Waals surface area contributed by atoms with Crippen LogP contribution in [0.4, 0.5) is 5.69 Å². The minimum atomic E-state index is -1.05. The van der Waals surface area contributed by atoms with Gasteiger partial charge in [0.1, 0.15) is 5.78 Å². The molecule has 1 aromatic rings. The van der Waals surface area contributed by atoms with Crippen LogP contribution in [0.2, 0.25) is 0 Å². The van der Waals surface area contributed by atoms with E-state index in [0.29, 0.717) is 5.69 Å². The summed E-state index contributed by atoms with van der Waals surface area (Å²) in [5, 5.41) is 13.6. The van der Waals surface area contributed by atoms with Crippen molar-refractivity contribution in [1.82, 2.24) is 0 Å². The fraction of sp³-hybridized carbons (Fsp3) is 0.550. The summed E-state index contributed by atoms with van der Waals surface area (Å²) in [6, 6.07) is 5.56. The molecule has 1 aromatic carbocycles. The highest BCUT2D eigenvalue weighted by Gasteiger charge is 2.44. The van der Waals surface area contributed by atoms with E-state index in [1.807, 2.05) is 26.0 Å². The zero-order chi connectivity index (χ0) is 21.0. The van der Waals surface area contributed by atoms with Crippen molar-refractivity contribution in [3.8, 4) is 0 Å². The molecule has 0 spiro atoms. The second-order valence-corrected chi connectivity index (χ2v) is 7.58. The normalized spacial score (nSPS) is 22.6. The summed E-state index contributed by atoms with van der Waals surface area (Å²) in [7, 11) is 0. The van der Waals surface area contributed by atoms with Crippen LogP contribution in [0, 0.1) is 41.7 Å². The topological polar surface area (TPSA) is 116 Å². The van der Waals surface area contributed by atoms with Gasteiger partial charge >= 0.3 is 5.97 Å². The average Bonchev–Trinajstić information content (AvgIpc) is 2.83. The van der Waals surface area contributed by atoms with Gasteiger partial charge in [-0.2, -0.15) is 0 Å². The third-order valence-corrected chi connectivity index (χ3v) is 5.25. The van der Waals surface area contributed by atoms with Gasteiger partial charge in [0.25, 0.3) is 5.91 Å². The first-order chi connectivity index (χ1) is 13.1. The standard InChI is InChI=1S/C20H26N2O6/c1-11-5-6-17(13(3)7-11)21-20(25)14(4)28-19(24)9-15-16(10-22(26)27)12(2)8-18(15)23/h5-7,12,14-16H,8-10H2,1-4H3,(H,21,25)/t12-,14-,15-,16-/m1/s1. The summed E-state index contributed by atoms with van der Waals surface area (Å²) < 4.78 is 5.17. The van der Waals surface area contributed by atoms with Gasteiger partial charge in [-0.1, -0.05) is 24.6 Å². The van der Waals surface area contributed by atoms with Crippen molar-refractivity contribution >= 4 is 23.3 Å². The number of hydrogen-bond donors (Lipinski definition) is 1. The molecule has 152 valence electrons. The third-order valence-electron chi connectivity index (χ3n) is 5.25. The van der Waals surface area contributed by atoms with Crippen LogP contribution in [-0.2, 0) is 19.1 Å². The van der Waals surface area contributed by atoms with Gasteiger partial charge in [0.2, 0.25) is 6.54 Å². The summed E-state index contributed by atoms with van der Waals surface area (Å²) in [6.07, 6.45) is -1.07. The number of anilines is 1. The molecule has 1 saturated carbocycles. The number of ketones is 1. The second-order valence-electron chi connectivity index (χ2n) is 7.58. The molecule has 0 heterocycles. The fourth-order valence-corrected chi connectivity index (χ4v) is 3.67. The van der Waals surface area contributed by atoms with Gasteiger partial charge in [-0.3, -0.25) is 24.5 Å². The van der Waals surface area contributed by atoms with E-state index in [1.165, 1.54) is 6.92 Å². The highest BCUT2D eigenvalue weighted by molar-refractivity contribution is 5.96. The van der Waals surface area contributed by atoms with E-state index < -0.39 is 34.7 Å². The molecule has 8 heteroatoms. The predicted octanol–water partition coefficient (Wildman–Crippen LogP) is 2.68. The molecule has 0 aromatic heterocycles. The van der Waals surface area contributed by atoms with Crippen LogP contribution in [0.15, 0.2) is 18.2 Å². The van der Waals surface area contributed by atoms with Gasteiger partial charge in [-0.25, -0.2) is 0 Å². The number of ether oxygens (including phenoxy) is 1. The molecule has 1 aliphatic carbocycles.